The van der Waals surface area contributed by atoms with Crippen LogP contribution in [-0.4, -0.2) is 12.2 Å². The second kappa shape index (κ2) is 4.69. The fraction of sp³-hybridized carbons (Fsp3) is 0.0909. The number of rotatable bonds is 2. The molecule has 0 aliphatic rings. The molecular weight excluding hydrogens is 192 g/mol. The van der Waals surface area contributed by atoms with Crippen molar-refractivity contribution in [2.45, 2.75) is 0 Å². The second-order valence-electron chi connectivity index (χ2n) is 2.68. The average molecular weight is 200 g/mol. The molecule has 0 spiro atoms. The minimum atomic E-state index is -0.317. The Balaban J connectivity index is 3.14. The van der Waals surface area contributed by atoms with E-state index in [-0.39, 0.29) is 11.3 Å². The van der Waals surface area contributed by atoms with Crippen LogP contribution in [0.5, 0.6) is 5.75 Å². The van der Waals surface area contributed by atoms with Crippen molar-refractivity contribution < 1.29 is 9.84 Å². The molecule has 0 fully saturated rings. The topological polar surface area (TPSA) is 77.0 Å². The highest BCUT2D eigenvalue weighted by Crippen LogP contribution is 2.18. The van der Waals surface area contributed by atoms with Crippen molar-refractivity contribution >= 4 is 5.76 Å². The summed E-state index contributed by atoms with van der Waals surface area (Å²) >= 11 is 0. The Kier molecular flexibility index (Phi) is 3.32. The van der Waals surface area contributed by atoms with Gasteiger partial charge < -0.3 is 9.84 Å². The van der Waals surface area contributed by atoms with Gasteiger partial charge in [0.2, 0.25) is 0 Å². The molecule has 0 aliphatic carbocycles. The largest absolute Gasteiger partial charge is 0.505 e. The lowest BCUT2D eigenvalue weighted by Crippen LogP contribution is -1.88. The summed E-state index contributed by atoms with van der Waals surface area (Å²) in [4.78, 5) is 0. The van der Waals surface area contributed by atoms with Gasteiger partial charge in [0.1, 0.15) is 17.9 Å². The SMILES string of the molecule is COc1ccc(C(O)=C(C#N)C#N)cc1. The Labute approximate surface area is 87.3 Å². The molecule has 0 aromatic heterocycles. The van der Waals surface area contributed by atoms with E-state index in [2.05, 4.69) is 0 Å². The molecule has 74 valence electrons. The molecule has 0 aliphatic heterocycles. The lowest BCUT2D eigenvalue weighted by molar-refractivity contribution is 0.414. The number of hydrogen-bond donors (Lipinski definition) is 1. The van der Waals surface area contributed by atoms with Gasteiger partial charge in [0.25, 0.3) is 0 Å². The summed E-state index contributed by atoms with van der Waals surface area (Å²) < 4.78 is 4.93. The highest BCUT2D eigenvalue weighted by Gasteiger charge is 2.06. The highest BCUT2D eigenvalue weighted by atomic mass is 16.5. The monoisotopic (exact) mass is 200 g/mol. The van der Waals surface area contributed by atoms with Crippen molar-refractivity contribution in [1.29, 1.82) is 10.5 Å². The van der Waals surface area contributed by atoms with E-state index in [0.29, 0.717) is 11.3 Å². The molecule has 1 aromatic rings. The first kappa shape index (κ1) is 10.6. The number of nitrogens with zero attached hydrogens (tertiary/aromatic N) is 2. The third-order valence-corrected chi connectivity index (χ3v) is 1.82. The first-order valence-electron chi connectivity index (χ1n) is 4.10. The molecular formula is C11H8N2O2. The van der Waals surface area contributed by atoms with Crippen LogP contribution in [0.1, 0.15) is 5.56 Å². The number of nitriles is 2. The van der Waals surface area contributed by atoms with E-state index in [1.54, 1.807) is 36.4 Å². The molecule has 4 heteroatoms. The van der Waals surface area contributed by atoms with Gasteiger partial charge in [0.05, 0.1) is 7.11 Å². The van der Waals surface area contributed by atoms with E-state index in [0.717, 1.165) is 0 Å². The van der Waals surface area contributed by atoms with E-state index in [1.807, 2.05) is 0 Å². The molecule has 0 unspecified atom stereocenters. The lowest BCUT2D eigenvalue weighted by atomic mass is 10.1. The van der Waals surface area contributed by atoms with E-state index in [4.69, 9.17) is 15.3 Å². The Morgan fingerprint density at radius 2 is 1.73 bits per heavy atom. The predicted octanol–water partition coefficient (Wildman–Crippen LogP) is 2.01. The Morgan fingerprint density at radius 3 is 2.13 bits per heavy atom. The first-order valence-corrected chi connectivity index (χ1v) is 4.10. The Morgan fingerprint density at radius 1 is 1.20 bits per heavy atom. The zero-order valence-electron chi connectivity index (χ0n) is 8.06. The van der Waals surface area contributed by atoms with Gasteiger partial charge in [0.15, 0.2) is 11.3 Å². The number of aliphatic hydroxyl groups excluding tert-OH is 1. The lowest BCUT2D eigenvalue weighted by Gasteiger charge is -2.02. The van der Waals surface area contributed by atoms with E-state index >= 15 is 0 Å². The van der Waals surface area contributed by atoms with Crippen molar-refractivity contribution in [3.63, 3.8) is 0 Å². The summed E-state index contributed by atoms with van der Waals surface area (Å²) in [5, 5.41) is 26.6. The maximum atomic E-state index is 9.54. The van der Waals surface area contributed by atoms with Crippen LogP contribution in [0.3, 0.4) is 0 Å². The minimum absolute atomic E-state index is 0.305. The molecule has 0 amide bonds. The van der Waals surface area contributed by atoms with Gasteiger partial charge in [-0.2, -0.15) is 10.5 Å². The van der Waals surface area contributed by atoms with Crippen LogP contribution < -0.4 is 4.74 Å². The number of allylic oxidation sites excluding steroid dienone is 1. The Bertz CT molecular complexity index is 445. The first-order chi connectivity index (χ1) is 7.22. The molecule has 0 radical (unpaired) electrons. The zero-order chi connectivity index (χ0) is 11.3. The van der Waals surface area contributed by atoms with Gasteiger partial charge >= 0.3 is 0 Å². The number of hydrogen-bond acceptors (Lipinski definition) is 4. The molecule has 1 N–H and O–H groups in total. The van der Waals surface area contributed by atoms with Crippen LogP contribution in [-0.2, 0) is 0 Å². The molecule has 0 saturated carbocycles. The second-order valence-corrected chi connectivity index (χ2v) is 2.68. The van der Waals surface area contributed by atoms with Gasteiger partial charge in [-0.1, -0.05) is 0 Å². The van der Waals surface area contributed by atoms with E-state index in [9.17, 15) is 5.11 Å². The summed E-state index contributed by atoms with van der Waals surface area (Å²) in [5.41, 5.74) is 0.106. The van der Waals surface area contributed by atoms with Gasteiger partial charge in [-0.15, -0.1) is 0 Å². The molecule has 0 atom stereocenters. The van der Waals surface area contributed by atoms with Crippen LogP contribution in [0.25, 0.3) is 5.76 Å². The predicted molar refractivity (Wildman–Crippen MR) is 53.8 cm³/mol. The fourth-order valence-corrected chi connectivity index (χ4v) is 1.02. The molecule has 4 nitrogen and oxygen atoms in total. The number of ether oxygens (including phenoxy) is 1. The fourth-order valence-electron chi connectivity index (χ4n) is 1.02. The van der Waals surface area contributed by atoms with Crippen LogP contribution in [0.4, 0.5) is 0 Å². The van der Waals surface area contributed by atoms with Crippen LogP contribution >= 0.6 is 0 Å². The van der Waals surface area contributed by atoms with Crippen molar-refractivity contribution in [3.05, 3.63) is 35.4 Å². The zero-order valence-corrected chi connectivity index (χ0v) is 8.06. The summed E-state index contributed by atoms with van der Waals surface area (Å²) in [7, 11) is 1.53. The summed E-state index contributed by atoms with van der Waals surface area (Å²) in [5.74, 6) is 0.324. The van der Waals surface area contributed by atoms with E-state index in [1.165, 1.54) is 7.11 Å². The third-order valence-electron chi connectivity index (χ3n) is 1.82. The van der Waals surface area contributed by atoms with Gasteiger partial charge in [0, 0.05) is 5.56 Å². The van der Waals surface area contributed by atoms with Gasteiger partial charge in [-0.05, 0) is 24.3 Å². The normalized spacial score (nSPS) is 8.47. The van der Waals surface area contributed by atoms with Crippen molar-refractivity contribution in [2.24, 2.45) is 0 Å². The maximum Gasteiger partial charge on any atom is 0.171 e. The van der Waals surface area contributed by atoms with E-state index < -0.39 is 0 Å². The molecule has 1 rings (SSSR count). The van der Waals surface area contributed by atoms with Gasteiger partial charge in [-0.25, -0.2) is 0 Å². The molecule has 1 aromatic carbocycles. The van der Waals surface area contributed by atoms with Crippen LogP contribution in [0.2, 0.25) is 0 Å². The smallest absolute Gasteiger partial charge is 0.171 e. The quantitative estimate of drug-likeness (QED) is 0.585. The maximum absolute atomic E-state index is 9.54. The standard InChI is InChI=1S/C11H8N2O2/c1-15-10-4-2-8(3-5-10)11(14)9(6-12)7-13/h2-5,14H,1H3. The number of methoxy groups -OCH3 is 1. The third kappa shape index (κ3) is 2.26. The molecule has 0 bridgehead atoms. The van der Waals surface area contributed by atoms with Crippen molar-refractivity contribution in [1.82, 2.24) is 0 Å². The van der Waals surface area contributed by atoms with Crippen molar-refractivity contribution in [3.8, 4) is 17.9 Å². The summed E-state index contributed by atoms with van der Waals surface area (Å²) in [6, 6.07) is 9.65. The molecule has 0 heterocycles. The summed E-state index contributed by atoms with van der Waals surface area (Å²) in [6.07, 6.45) is 0. The summed E-state index contributed by atoms with van der Waals surface area (Å²) in [6.45, 7) is 0. The Hall–Kier alpha value is -2.46. The van der Waals surface area contributed by atoms with Crippen LogP contribution in [0, 0.1) is 22.7 Å². The molecule has 15 heavy (non-hydrogen) atoms. The minimum Gasteiger partial charge on any atom is -0.505 e. The number of aliphatic hydroxyl groups is 1. The average Bonchev–Trinajstić information content (AvgIpc) is 2.30. The van der Waals surface area contributed by atoms with Crippen LogP contribution in [0.15, 0.2) is 29.8 Å². The van der Waals surface area contributed by atoms with Crippen molar-refractivity contribution in [2.75, 3.05) is 7.11 Å². The van der Waals surface area contributed by atoms with Gasteiger partial charge in [-0.3, -0.25) is 0 Å². The highest BCUT2D eigenvalue weighted by molar-refractivity contribution is 5.69. The molecule has 0 saturated heterocycles. The number of benzene rings is 1.